The molecule has 0 unspecified atom stereocenters. The average Bonchev–Trinajstić information content (AvgIpc) is 3.55. The van der Waals surface area contributed by atoms with Crippen LogP contribution in [0.15, 0.2) is 19.2 Å². The zero-order valence-corrected chi connectivity index (χ0v) is 28.6. The van der Waals surface area contributed by atoms with E-state index in [1.54, 1.807) is 40.7 Å². The third-order valence-corrected chi connectivity index (χ3v) is 8.46. The number of carbonyl (C=O) groups excluding carboxylic acids is 2. The van der Waals surface area contributed by atoms with Crippen LogP contribution in [0.25, 0.3) is 0 Å². The highest BCUT2D eigenvalue weighted by atomic mass is 16.5. The fraction of sp³-hybridized carbons (Fsp3) is 0.677. The smallest absolute Gasteiger partial charge is 0.332 e. The van der Waals surface area contributed by atoms with E-state index in [2.05, 4.69) is 0 Å². The first-order chi connectivity index (χ1) is 22.1. The summed E-state index contributed by atoms with van der Waals surface area (Å²) in [5.41, 5.74) is -2.62. The highest BCUT2D eigenvalue weighted by Crippen LogP contribution is 2.39. The summed E-state index contributed by atoms with van der Waals surface area (Å²) >= 11 is 0. The van der Waals surface area contributed by atoms with Crippen molar-refractivity contribution in [2.75, 3.05) is 53.0 Å². The largest absolute Gasteiger partial charge is 0.390 e. The van der Waals surface area contributed by atoms with Crippen molar-refractivity contribution < 1.29 is 19.4 Å². The number of nitrogens with zero attached hydrogens (tertiary/aromatic N) is 8. The lowest BCUT2D eigenvalue weighted by Crippen LogP contribution is -2.50. The van der Waals surface area contributed by atoms with Crippen LogP contribution in [0.3, 0.4) is 0 Å². The number of hydrazine groups is 1. The summed E-state index contributed by atoms with van der Waals surface area (Å²) in [5, 5.41) is 13.4. The Bertz CT molecular complexity index is 1750. The van der Waals surface area contributed by atoms with E-state index in [-0.39, 0.29) is 74.3 Å². The molecule has 2 aromatic rings. The van der Waals surface area contributed by atoms with Gasteiger partial charge in [-0.2, -0.15) is 0 Å². The van der Waals surface area contributed by atoms with Gasteiger partial charge in [-0.3, -0.25) is 32.7 Å². The number of fused-ring (bicyclic) bond motifs is 2. The molecule has 1 N–H and O–H groups in total. The summed E-state index contributed by atoms with van der Waals surface area (Å²) in [7, 11) is 3.10. The second kappa shape index (κ2) is 14.3. The average molecular weight is 661 g/mol. The first-order valence-electron chi connectivity index (χ1n) is 16.1. The number of anilines is 4. The number of hydrogen-bond acceptors (Lipinski definition) is 12. The lowest BCUT2D eigenvalue weighted by atomic mass is 10.0. The van der Waals surface area contributed by atoms with Crippen molar-refractivity contribution in [1.82, 2.24) is 18.3 Å². The molecule has 0 saturated heterocycles. The van der Waals surface area contributed by atoms with Gasteiger partial charge in [-0.1, -0.05) is 0 Å². The summed E-state index contributed by atoms with van der Waals surface area (Å²) in [6, 6.07) is 0. The van der Waals surface area contributed by atoms with Gasteiger partial charge < -0.3 is 24.4 Å². The number of carbonyl (C=O) groups is 2. The van der Waals surface area contributed by atoms with Crippen molar-refractivity contribution in [2.45, 2.75) is 91.8 Å². The molecule has 0 saturated carbocycles. The topological polar surface area (TPSA) is 165 Å². The number of ketones is 2. The van der Waals surface area contributed by atoms with E-state index in [0.29, 0.717) is 45.1 Å². The van der Waals surface area contributed by atoms with Crippen LogP contribution in [0, 0.1) is 0 Å². The molecule has 0 bridgehead atoms. The van der Waals surface area contributed by atoms with E-state index in [0.717, 1.165) is 4.57 Å². The predicted octanol–water partition coefficient (Wildman–Crippen LogP) is 0.474. The molecule has 0 fully saturated rings. The van der Waals surface area contributed by atoms with Crippen molar-refractivity contribution in [3.8, 4) is 0 Å². The molecule has 260 valence electrons. The third kappa shape index (κ3) is 7.38. The quantitative estimate of drug-likeness (QED) is 0.248. The Hall–Kier alpha value is -4.18. The minimum Gasteiger partial charge on any atom is -0.390 e. The molecule has 4 rings (SSSR count). The van der Waals surface area contributed by atoms with Crippen LogP contribution in [0.5, 0.6) is 0 Å². The van der Waals surface area contributed by atoms with Crippen LogP contribution in [0.2, 0.25) is 0 Å². The van der Waals surface area contributed by atoms with Gasteiger partial charge >= 0.3 is 11.4 Å². The van der Waals surface area contributed by atoms with Crippen LogP contribution in [0.4, 0.5) is 23.0 Å². The van der Waals surface area contributed by atoms with Crippen molar-refractivity contribution in [1.29, 1.82) is 0 Å². The van der Waals surface area contributed by atoms with Crippen molar-refractivity contribution >= 4 is 34.6 Å². The Labute approximate surface area is 272 Å². The molecular weight excluding hydrogens is 612 g/mol. The Kier molecular flexibility index (Phi) is 10.8. The lowest BCUT2D eigenvalue weighted by Gasteiger charge is -2.33. The molecule has 0 atom stereocenters. The van der Waals surface area contributed by atoms with E-state index in [1.165, 1.54) is 34.6 Å². The molecule has 0 aliphatic carbocycles. The minimum atomic E-state index is -0.857. The molecule has 0 radical (unpaired) electrons. The van der Waals surface area contributed by atoms with Gasteiger partial charge in [-0.05, 0) is 66.7 Å². The summed E-state index contributed by atoms with van der Waals surface area (Å²) in [6.07, 6.45) is 2.96. The van der Waals surface area contributed by atoms with E-state index in [4.69, 9.17) is 4.74 Å². The van der Waals surface area contributed by atoms with Gasteiger partial charge in [0.05, 0.1) is 12.1 Å². The maximum atomic E-state index is 14.0. The number of rotatable bonds is 16. The predicted molar refractivity (Wildman–Crippen MR) is 178 cm³/mol. The van der Waals surface area contributed by atoms with Gasteiger partial charge in [0.25, 0.3) is 11.1 Å². The van der Waals surface area contributed by atoms with Crippen molar-refractivity contribution in [3.05, 3.63) is 41.7 Å². The van der Waals surface area contributed by atoms with E-state index >= 15 is 0 Å². The van der Waals surface area contributed by atoms with Gasteiger partial charge in [-0.25, -0.2) is 19.6 Å². The first-order valence-corrected chi connectivity index (χ1v) is 16.1. The molecular formula is C31H48N8O8. The molecule has 4 heterocycles. The van der Waals surface area contributed by atoms with Gasteiger partial charge in [0.2, 0.25) is 0 Å². The number of aliphatic hydroxyl groups is 1. The van der Waals surface area contributed by atoms with Crippen LogP contribution in [-0.4, -0.2) is 73.8 Å². The number of ether oxygens (including phenoxy) is 1. The van der Waals surface area contributed by atoms with Gasteiger partial charge in [0, 0.05) is 40.2 Å². The van der Waals surface area contributed by atoms with E-state index in [9.17, 15) is 33.9 Å². The van der Waals surface area contributed by atoms with Crippen LogP contribution in [0.1, 0.15) is 73.1 Å². The standard InChI is InChI=1S/C31H48N8O8/c1-8-47-20-35-19-39(26-24(35)28(43)37(30(45)33(26)7)16-12-10-14-31(4,5)46)38-18-34(17-22(3)41)23-25(38)32(6)29(44)36(27(23)42)15-11-9-13-21(2)40/h46H,8-20H2,1-7H3. The van der Waals surface area contributed by atoms with Gasteiger partial charge in [0.15, 0.2) is 11.6 Å². The number of Topliss-reactive ketones (excluding diaryl/α,β-unsaturated/α-hetero) is 2. The Morgan fingerprint density at radius 1 is 0.766 bits per heavy atom. The molecule has 47 heavy (non-hydrogen) atoms. The highest BCUT2D eigenvalue weighted by Gasteiger charge is 2.43. The Balaban J connectivity index is 1.82. The maximum Gasteiger partial charge on any atom is 0.332 e. The third-order valence-electron chi connectivity index (χ3n) is 8.46. The molecule has 2 aliphatic rings. The fourth-order valence-corrected chi connectivity index (χ4v) is 6.18. The van der Waals surface area contributed by atoms with E-state index < -0.39 is 28.1 Å². The Morgan fingerprint density at radius 2 is 1.26 bits per heavy atom. The zero-order chi connectivity index (χ0) is 34.8. The summed E-state index contributed by atoms with van der Waals surface area (Å²) < 4.78 is 10.7. The maximum absolute atomic E-state index is 14.0. The van der Waals surface area contributed by atoms with Crippen LogP contribution in [-0.2, 0) is 41.5 Å². The molecule has 0 amide bonds. The zero-order valence-electron chi connectivity index (χ0n) is 28.6. The van der Waals surface area contributed by atoms with Gasteiger partial charge in [0.1, 0.15) is 43.0 Å². The molecule has 0 spiro atoms. The monoisotopic (exact) mass is 660 g/mol. The fourth-order valence-electron chi connectivity index (χ4n) is 6.18. The minimum absolute atomic E-state index is 0.00190. The number of hydrogen-bond donors (Lipinski definition) is 1. The molecule has 16 nitrogen and oxygen atoms in total. The first kappa shape index (κ1) is 35.7. The van der Waals surface area contributed by atoms with Crippen LogP contribution < -0.4 is 42.3 Å². The lowest BCUT2D eigenvalue weighted by molar-refractivity contribution is -0.117. The summed E-state index contributed by atoms with van der Waals surface area (Å²) in [5.74, 6) is 0.329. The summed E-state index contributed by atoms with van der Waals surface area (Å²) in [4.78, 5) is 82.2. The number of unbranched alkanes of at least 4 members (excludes halogenated alkanes) is 2. The van der Waals surface area contributed by atoms with Gasteiger partial charge in [-0.15, -0.1) is 0 Å². The van der Waals surface area contributed by atoms with Crippen LogP contribution >= 0.6 is 0 Å². The second-order valence-electron chi connectivity index (χ2n) is 13.0. The number of aromatic nitrogens is 4. The molecule has 2 aromatic heterocycles. The van der Waals surface area contributed by atoms with E-state index in [1.807, 2.05) is 6.92 Å². The molecule has 0 aromatic carbocycles. The van der Waals surface area contributed by atoms with Crippen molar-refractivity contribution in [3.63, 3.8) is 0 Å². The second-order valence-corrected chi connectivity index (χ2v) is 13.0. The summed E-state index contributed by atoms with van der Waals surface area (Å²) in [6.45, 7) is 8.82. The highest BCUT2D eigenvalue weighted by molar-refractivity contribution is 5.86. The SMILES string of the molecule is CCOCN1CN(N2CN(CC(C)=O)c3c2n(C)c(=O)n(CCCCC(C)=O)c3=O)c2c1c(=O)n(CCCCC(C)(C)O)c(=O)n2C. The Morgan fingerprint density at radius 3 is 1.72 bits per heavy atom. The molecule has 16 heteroatoms. The normalized spacial score (nSPS) is 14.3. The molecule has 2 aliphatic heterocycles. The van der Waals surface area contributed by atoms with Crippen molar-refractivity contribution in [2.24, 2.45) is 14.1 Å².